The van der Waals surface area contributed by atoms with E-state index in [-0.39, 0.29) is 17.9 Å². The minimum atomic E-state index is -0.168. The number of aromatic nitrogens is 1. The second-order valence-corrected chi connectivity index (χ2v) is 6.90. The minimum Gasteiger partial charge on any atom is -0.355 e. The van der Waals surface area contributed by atoms with Crippen molar-refractivity contribution in [3.05, 3.63) is 59.3 Å². The summed E-state index contributed by atoms with van der Waals surface area (Å²) in [7, 11) is 0. The molecule has 0 bridgehead atoms. The average Bonchev–Trinajstić information content (AvgIpc) is 2.84. The summed E-state index contributed by atoms with van der Waals surface area (Å²) in [6, 6.07) is 13.5. The molecule has 0 aliphatic carbocycles. The Morgan fingerprint density at radius 2 is 2.11 bits per heavy atom. The molecule has 142 valence electrons. The predicted octanol–water partition coefficient (Wildman–Crippen LogP) is 2.61. The van der Waals surface area contributed by atoms with Gasteiger partial charge in [0.15, 0.2) is 0 Å². The van der Waals surface area contributed by atoms with Crippen LogP contribution in [-0.4, -0.2) is 40.8 Å². The van der Waals surface area contributed by atoms with Crippen LogP contribution in [0, 0.1) is 0 Å². The lowest BCUT2D eigenvalue weighted by Crippen LogP contribution is -2.37. The van der Waals surface area contributed by atoms with Gasteiger partial charge in [-0.05, 0) is 43.2 Å². The van der Waals surface area contributed by atoms with E-state index < -0.39 is 0 Å². The average molecular weight is 366 g/mol. The highest BCUT2D eigenvalue weighted by Gasteiger charge is 2.20. The molecule has 27 heavy (non-hydrogen) atoms. The zero-order valence-corrected chi connectivity index (χ0v) is 15.9. The smallest absolute Gasteiger partial charge is 0.256 e. The molecule has 1 unspecified atom stereocenters. The van der Waals surface area contributed by atoms with Crippen LogP contribution in [0.1, 0.15) is 41.9 Å². The first-order valence-electron chi connectivity index (χ1n) is 9.42. The van der Waals surface area contributed by atoms with E-state index in [4.69, 9.17) is 0 Å². The molecular weight excluding hydrogens is 340 g/mol. The third-order valence-electron chi connectivity index (χ3n) is 4.83. The Morgan fingerprint density at radius 3 is 2.93 bits per heavy atom. The molecule has 1 aliphatic heterocycles. The molecule has 2 heterocycles. The highest BCUT2D eigenvalue weighted by molar-refractivity contribution is 6.03. The number of aryl methyl sites for hydroxylation is 1. The van der Waals surface area contributed by atoms with Crippen LogP contribution in [-0.2, 0) is 17.8 Å². The SMILES string of the molecule is CCc1cccc(NC(=O)c2cccc(CN3CCC(=O)NCC3C)c2)n1. The van der Waals surface area contributed by atoms with E-state index >= 15 is 0 Å². The van der Waals surface area contributed by atoms with Crippen LogP contribution < -0.4 is 10.6 Å². The van der Waals surface area contributed by atoms with Crippen LogP contribution in [0.2, 0.25) is 0 Å². The number of pyridine rings is 1. The largest absolute Gasteiger partial charge is 0.355 e. The van der Waals surface area contributed by atoms with E-state index in [9.17, 15) is 9.59 Å². The van der Waals surface area contributed by atoms with Gasteiger partial charge in [0.05, 0.1) is 0 Å². The summed E-state index contributed by atoms with van der Waals surface area (Å²) in [4.78, 5) is 30.9. The first-order chi connectivity index (χ1) is 13.0. The van der Waals surface area contributed by atoms with Gasteiger partial charge in [-0.25, -0.2) is 4.98 Å². The molecule has 0 spiro atoms. The topological polar surface area (TPSA) is 74.3 Å². The van der Waals surface area contributed by atoms with Crippen LogP contribution in [0.5, 0.6) is 0 Å². The third-order valence-corrected chi connectivity index (χ3v) is 4.83. The molecule has 2 amide bonds. The summed E-state index contributed by atoms with van der Waals surface area (Å²) in [5.74, 6) is 0.494. The second kappa shape index (κ2) is 8.77. The number of nitrogens with one attached hydrogen (secondary N) is 2. The van der Waals surface area contributed by atoms with Gasteiger partial charge in [0, 0.05) is 43.4 Å². The Kier molecular flexibility index (Phi) is 6.19. The van der Waals surface area contributed by atoms with E-state index in [0.29, 0.717) is 30.9 Å². The lowest BCUT2D eigenvalue weighted by atomic mass is 10.1. The fraction of sp³-hybridized carbons (Fsp3) is 0.381. The Bertz CT molecular complexity index is 821. The van der Waals surface area contributed by atoms with Gasteiger partial charge < -0.3 is 10.6 Å². The van der Waals surface area contributed by atoms with Gasteiger partial charge in [-0.15, -0.1) is 0 Å². The van der Waals surface area contributed by atoms with Crippen molar-refractivity contribution in [3.63, 3.8) is 0 Å². The summed E-state index contributed by atoms with van der Waals surface area (Å²) in [6.45, 7) is 6.22. The predicted molar refractivity (Wildman–Crippen MR) is 106 cm³/mol. The number of hydrogen-bond acceptors (Lipinski definition) is 4. The summed E-state index contributed by atoms with van der Waals surface area (Å²) in [5, 5.41) is 5.79. The number of carbonyl (C=O) groups excluding carboxylic acids is 2. The molecule has 1 saturated heterocycles. The molecule has 0 saturated carbocycles. The highest BCUT2D eigenvalue weighted by Crippen LogP contribution is 2.14. The fourth-order valence-electron chi connectivity index (χ4n) is 3.16. The molecule has 1 atom stereocenters. The van der Waals surface area contributed by atoms with Crippen molar-refractivity contribution in [1.82, 2.24) is 15.2 Å². The van der Waals surface area contributed by atoms with Gasteiger partial charge in [0.2, 0.25) is 5.91 Å². The lowest BCUT2D eigenvalue weighted by Gasteiger charge is -2.26. The molecule has 6 nitrogen and oxygen atoms in total. The fourth-order valence-corrected chi connectivity index (χ4v) is 3.16. The Hall–Kier alpha value is -2.73. The van der Waals surface area contributed by atoms with E-state index in [0.717, 1.165) is 24.2 Å². The standard InChI is InChI=1S/C21H26N4O2/c1-3-18-8-5-9-19(23-18)24-21(27)17-7-4-6-16(12-17)14-25-11-10-20(26)22-13-15(25)2/h4-9,12,15H,3,10-11,13-14H2,1-2H3,(H,22,26)(H,23,24,27). The number of hydrogen-bond donors (Lipinski definition) is 2. The van der Waals surface area contributed by atoms with Gasteiger partial charge in [0.25, 0.3) is 5.91 Å². The molecular formula is C21H26N4O2. The number of anilines is 1. The normalized spacial score (nSPS) is 17.9. The van der Waals surface area contributed by atoms with Crippen molar-refractivity contribution in [2.45, 2.75) is 39.3 Å². The molecule has 1 fully saturated rings. The van der Waals surface area contributed by atoms with Gasteiger partial charge in [-0.3, -0.25) is 14.5 Å². The van der Waals surface area contributed by atoms with Crippen LogP contribution in [0.4, 0.5) is 5.82 Å². The number of rotatable bonds is 5. The van der Waals surface area contributed by atoms with E-state index in [2.05, 4.69) is 27.4 Å². The van der Waals surface area contributed by atoms with Crippen molar-refractivity contribution in [3.8, 4) is 0 Å². The minimum absolute atomic E-state index is 0.0966. The quantitative estimate of drug-likeness (QED) is 0.853. The first-order valence-corrected chi connectivity index (χ1v) is 9.42. The molecule has 3 rings (SSSR count). The number of nitrogens with zero attached hydrogens (tertiary/aromatic N) is 2. The molecule has 6 heteroatoms. The van der Waals surface area contributed by atoms with Crippen molar-refractivity contribution in [2.24, 2.45) is 0 Å². The third kappa shape index (κ3) is 5.14. The maximum atomic E-state index is 12.6. The van der Waals surface area contributed by atoms with E-state index in [1.54, 1.807) is 12.1 Å². The van der Waals surface area contributed by atoms with Gasteiger partial charge >= 0.3 is 0 Å². The van der Waals surface area contributed by atoms with Crippen molar-refractivity contribution >= 4 is 17.6 Å². The zero-order chi connectivity index (χ0) is 19.2. The molecule has 1 aromatic heterocycles. The summed E-state index contributed by atoms with van der Waals surface area (Å²) >= 11 is 0. The Morgan fingerprint density at radius 1 is 1.30 bits per heavy atom. The van der Waals surface area contributed by atoms with Gasteiger partial charge in [-0.1, -0.05) is 25.1 Å². The van der Waals surface area contributed by atoms with Crippen LogP contribution in [0.15, 0.2) is 42.5 Å². The van der Waals surface area contributed by atoms with Gasteiger partial charge in [0.1, 0.15) is 5.82 Å². The van der Waals surface area contributed by atoms with Crippen LogP contribution in [0.3, 0.4) is 0 Å². The van der Waals surface area contributed by atoms with E-state index in [1.165, 1.54) is 0 Å². The highest BCUT2D eigenvalue weighted by atomic mass is 16.2. The summed E-state index contributed by atoms with van der Waals surface area (Å²) in [6.07, 6.45) is 1.33. The van der Waals surface area contributed by atoms with Crippen molar-refractivity contribution in [2.75, 3.05) is 18.4 Å². The number of carbonyl (C=O) groups is 2. The van der Waals surface area contributed by atoms with Crippen LogP contribution >= 0.6 is 0 Å². The number of benzene rings is 1. The zero-order valence-electron chi connectivity index (χ0n) is 15.9. The Labute approximate surface area is 160 Å². The lowest BCUT2D eigenvalue weighted by molar-refractivity contribution is -0.120. The molecule has 0 radical (unpaired) electrons. The molecule has 2 aromatic rings. The maximum Gasteiger partial charge on any atom is 0.256 e. The van der Waals surface area contributed by atoms with Crippen molar-refractivity contribution in [1.29, 1.82) is 0 Å². The summed E-state index contributed by atoms with van der Waals surface area (Å²) in [5.41, 5.74) is 2.60. The molecule has 1 aromatic carbocycles. The maximum absolute atomic E-state index is 12.6. The van der Waals surface area contributed by atoms with Crippen LogP contribution in [0.25, 0.3) is 0 Å². The molecule has 2 N–H and O–H groups in total. The summed E-state index contributed by atoms with van der Waals surface area (Å²) < 4.78 is 0. The number of amides is 2. The van der Waals surface area contributed by atoms with Gasteiger partial charge in [-0.2, -0.15) is 0 Å². The monoisotopic (exact) mass is 366 g/mol. The molecule has 1 aliphatic rings. The van der Waals surface area contributed by atoms with E-state index in [1.807, 2.05) is 37.3 Å². The first kappa shape index (κ1) is 19.0. The van der Waals surface area contributed by atoms with Crippen molar-refractivity contribution < 1.29 is 9.59 Å². The Balaban J connectivity index is 1.69. The second-order valence-electron chi connectivity index (χ2n) is 6.90.